The summed E-state index contributed by atoms with van der Waals surface area (Å²) in [5, 5.41) is 5.95. The minimum atomic E-state index is -0.347. The first-order valence-corrected chi connectivity index (χ1v) is 6.27. The van der Waals surface area contributed by atoms with E-state index in [0.717, 1.165) is 6.54 Å². The molecule has 4 nitrogen and oxygen atoms in total. The average Bonchev–Trinajstić information content (AvgIpc) is 2.35. The molecule has 0 fully saturated rings. The highest BCUT2D eigenvalue weighted by Gasteiger charge is 2.07. The summed E-state index contributed by atoms with van der Waals surface area (Å²) in [7, 11) is 0. The lowest BCUT2D eigenvalue weighted by Crippen LogP contribution is -2.03. The van der Waals surface area contributed by atoms with Crippen LogP contribution >= 0.6 is 15.9 Å². The van der Waals surface area contributed by atoms with E-state index >= 15 is 0 Å². The number of para-hydroxylation sites is 1. The molecule has 0 radical (unpaired) electrons. The van der Waals surface area contributed by atoms with Crippen LogP contribution in [0.3, 0.4) is 0 Å². The summed E-state index contributed by atoms with van der Waals surface area (Å²) in [6.07, 6.45) is 3.16. The van der Waals surface area contributed by atoms with Crippen LogP contribution < -0.4 is 10.6 Å². The molecule has 2 rings (SSSR count). The van der Waals surface area contributed by atoms with Crippen molar-refractivity contribution < 1.29 is 4.39 Å². The average molecular weight is 311 g/mol. The van der Waals surface area contributed by atoms with Gasteiger partial charge in [0.2, 0.25) is 0 Å². The number of hydrogen-bond acceptors (Lipinski definition) is 4. The topological polar surface area (TPSA) is 49.8 Å². The van der Waals surface area contributed by atoms with Gasteiger partial charge in [-0.25, -0.2) is 9.37 Å². The van der Waals surface area contributed by atoms with Gasteiger partial charge < -0.3 is 10.6 Å². The third kappa shape index (κ3) is 2.95. The summed E-state index contributed by atoms with van der Waals surface area (Å²) in [5.41, 5.74) is 0.348. The number of aromatic nitrogens is 2. The van der Waals surface area contributed by atoms with E-state index < -0.39 is 0 Å². The van der Waals surface area contributed by atoms with Crippen LogP contribution in [0.2, 0.25) is 0 Å². The Hall–Kier alpha value is -1.69. The molecule has 2 N–H and O–H groups in total. The summed E-state index contributed by atoms with van der Waals surface area (Å²) < 4.78 is 14.3. The molecule has 0 unspecified atom stereocenters. The number of nitrogens with one attached hydrogen (secondary N) is 2. The van der Waals surface area contributed by atoms with Crippen LogP contribution in [0.1, 0.15) is 6.92 Å². The fourth-order valence-electron chi connectivity index (χ4n) is 1.44. The monoisotopic (exact) mass is 310 g/mol. The Bertz CT molecular complexity index is 527. The fraction of sp³-hybridized carbons (Fsp3) is 0.167. The van der Waals surface area contributed by atoms with Gasteiger partial charge in [0.25, 0.3) is 0 Å². The highest BCUT2D eigenvalue weighted by Crippen LogP contribution is 2.27. The molecule has 0 aliphatic rings. The summed E-state index contributed by atoms with van der Waals surface area (Å²) in [6.45, 7) is 2.72. The van der Waals surface area contributed by atoms with Crippen molar-refractivity contribution in [1.82, 2.24) is 9.97 Å². The third-order valence-corrected chi connectivity index (χ3v) is 2.87. The Balaban J connectivity index is 2.26. The van der Waals surface area contributed by atoms with Gasteiger partial charge in [0.15, 0.2) is 5.82 Å². The number of hydrogen-bond donors (Lipinski definition) is 2. The highest BCUT2D eigenvalue weighted by molar-refractivity contribution is 9.10. The van der Waals surface area contributed by atoms with Crippen LogP contribution in [0.25, 0.3) is 0 Å². The number of halogens is 2. The maximum absolute atomic E-state index is 13.6. The SMILES string of the molecule is CCNc1cncc(Nc2c(F)cccc2Br)n1. The molecule has 1 aromatic carbocycles. The molecular formula is C12H12BrFN4. The van der Waals surface area contributed by atoms with Gasteiger partial charge in [0.1, 0.15) is 11.6 Å². The van der Waals surface area contributed by atoms with Gasteiger partial charge in [0.05, 0.1) is 18.1 Å². The standard InChI is InChI=1S/C12H12BrFN4/c1-2-16-10-6-15-7-11(17-10)18-12-8(13)4-3-5-9(12)14/h3-7H,2H2,1H3,(H2,16,17,18). The minimum absolute atomic E-state index is 0.347. The van der Waals surface area contributed by atoms with Gasteiger partial charge in [0, 0.05) is 11.0 Å². The van der Waals surface area contributed by atoms with Gasteiger partial charge in [-0.2, -0.15) is 0 Å². The van der Waals surface area contributed by atoms with Crippen LogP contribution in [0.4, 0.5) is 21.7 Å². The maximum atomic E-state index is 13.6. The highest BCUT2D eigenvalue weighted by atomic mass is 79.9. The van der Waals surface area contributed by atoms with Crippen molar-refractivity contribution >= 4 is 33.3 Å². The summed E-state index contributed by atoms with van der Waals surface area (Å²) in [6, 6.07) is 4.77. The van der Waals surface area contributed by atoms with Crippen molar-refractivity contribution in [3.8, 4) is 0 Å². The second-order valence-corrected chi connectivity index (χ2v) is 4.40. The van der Waals surface area contributed by atoms with Crippen molar-refractivity contribution in [3.63, 3.8) is 0 Å². The number of benzene rings is 1. The molecule has 0 saturated heterocycles. The van der Waals surface area contributed by atoms with Crippen LogP contribution in [0.5, 0.6) is 0 Å². The Morgan fingerprint density at radius 1 is 1.28 bits per heavy atom. The van der Waals surface area contributed by atoms with Crippen molar-refractivity contribution in [2.75, 3.05) is 17.2 Å². The number of rotatable bonds is 4. The van der Waals surface area contributed by atoms with Crippen molar-refractivity contribution in [3.05, 3.63) is 40.9 Å². The molecule has 94 valence electrons. The predicted octanol–water partition coefficient (Wildman–Crippen LogP) is 3.55. The lowest BCUT2D eigenvalue weighted by Gasteiger charge is -2.09. The van der Waals surface area contributed by atoms with E-state index in [1.807, 2.05) is 6.92 Å². The molecule has 0 aliphatic heterocycles. The van der Waals surface area contributed by atoms with E-state index in [-0.39, 0.29) is 5.82 Å². The number of anilines is 3. The minimum Gasteiger partial charge on any atom is -0.369 e. The molecule has 0 bridgehead atoms. The van der Waals surface area contributed by atoms with Gasteiger partial charge in [-0.1, -0.05) is 6.07 Å². The van der Waals surface area contributed by atoms with E-state index in [0.29, 0.717) is 21.8 Å². The fourth-order valence-corrected chi connectivity index (χ4v) is 1.88. The molecule has 0 spiro atoms. The largest absolute Gasteiger partial charge is 0.369 e. The number of nitrogens with zero attached hydrogens (tertiary/aromatic N) is 2. The first-order valence-electron chi connectivity index (χ1n) is 5.47. The molecule has 2 aromatic rings. The Kier molecular flexibility index (Phi) is 4.09. The predicted molar refractivity (Wildman–Crippen MR) is 73.6 cm³/mol. The smallest absolute Gasteiger partial charge is 0.151 e. The molecule has 0 aliphatic carbocycles. The quantitative estimate of drug-likeness (QED) is 0.906. The molecule has 6 heteroatoms. The van der Waals surface area contributed by atoms with E-state index in [9.17, 15) is 4.39 Å². The zero-order valence-corrected chi connectivity index (χ0v) is 11.3. The third-order valence-electron chi connectivity index (χ3n) is 2.21. The molecule has 0 atom stereocenters. The van der Waals surface area contributed by atoms with Gasteiger partial charge in [-0.15, -0.1) is 0 Å². The Morgan fingerprint density at radius 2 is 2.06 bits per heavy atom. The zero-order chi connectivity index (χ0) is 13.0. The molecule has 0 saturated carbocycles. The normalized spacial score (nSPS) is 10.2. The van der Waals surface area contributed by atoms with E-state index in [2.05, 4.69) is 36.5 Å². The first kappa shape index (κ1) is 12.8. The maximum Gasteiger partial charge on any atom is 0.151 e. The van der Waals surface area contributed by atoms with Crippen LogP contribution in [0.15, 0.2) is 35.1 Å². The van der Waals surface area contributed by atoms with Gasteiger partial charge in [-0.05, 0) is 35.0 Å². The molecule has 1 aromatic heterocycles. The second-order valence-electron chi connectivity index (χ2n) is 3.54. The summed E-state index contributed by atoms with van der Waals surface area (Å²) >= 11 is 3.29. The Morgan fingerprint density at radius 3 is 2.78 bits per heavy atom. The Labute approximate surface area is 113 Å². The van der Waals surface area contributed by atoms with Crippen molar-refractivity contribution in [2.24, 2.45) is 0 Å². The lowest BCUT2D eigenvalue weighted by atomic mass is 10.3. The summed E-state index contributed by atoms with van der Waals surface area (Å²) in [4.78, 5) is 8.30. The van der Waals surface area contributed by atoms with Crippen molar-refractivity contribution in [2.45, 2.75) is 6.92 Å². The van der Waals surface area contributed by atoms with E-state index in [4.69, 9.17) is 0 Å². The lowest BCUT2D eigenvalue weighted by molar-refractivity contribution is 0.631. The summed E-state index contributed by atoms with van der Waals surface area (Å²) in [5.74, 6) is 0.786. The van der Waals surface area contributed by atoms with E-state index in [1.165, 1.54) is 6.07 Å². The van der Waals surface area contributed by atoms with Gasteiger partial charge >= 0.3 is 0 Å². The van der Waals surface area contributed by atoms with Gasteiger partial charge in [-0.3, -0.25) is 4.98 Å². The molecule has 18 heavy (non-hydrogen) atoms. The van der Waals surface area contributed by atoms with Crippen molar-refractivity contribution in [1.29, 1.82) is 0 Å². The zero-order valence-electron chi connectivity index (χ0n) is 9.74. The van der Waals surface area contributed by atoms with Crippen LogP contribution in [-0.4, -0.2) is 16.5 Å². The first-order chi connectivity index (χ1) is 8.70. The van der Waals surface area contributed by atoms with Crippen LogP contribution in [-0.2, 0) is 0 Å². The van der Waals surface area contributed by atoms with E-state index in [1.54, 1.807) is 24.5 Å². The second kappa shape index (κ2) is 5.77. The molecular weight excluding hydrogens is 299 g/mol. The molecule has 0 amide bonds. The molecule has 1 heterocycles. The van der Waals surface area contributed by atoms with Crippen LogP contribution in [0, 0.1) is 5.82 Å².